The van der Waals surface area contributed by atoms with Crippen molar-refractivity contribution in [3.63, 3.8) is 0 Å². The fraction of sp³-hybridized carbons (Fsp3) is 1.00. The van der Waals surface area contributed by atoms with Crippen LogP contribution in [0.3, 0.4) is 0 Å². The van der Waals surface area contributed by atoms with Gasteiger partial charge in [-0.3, -0.25) is 0 Å². The molecule has 0 aliphatic carbocycles. The lowest BCUT2D eigenvalue weighted by Gasteiger charge is -2.29. The first kappa shape index (κ1) is 16.0. The second-order valence-electron chi connectivity index (χ2n) is 5.93. The summed E-state index contributed by atoms with van der Waals surface area (Å²) >= 11 is 0. The van der Waals surface area contributed by atoms with Gasteiger partial charge in [-0.05, 0) is 32.4 Å². The quantitative estimate of drug-likeness (QED) is 0.597. The number of rotatable bonds is 10. The Kier molecular flexibility index (Phi) is 9.59. The molecule has 108 valence electrons. The van der Waals surface area contributed by atoms with E-state index in [4.69, 9.17) is 0 Å². The lowest BCUT2D eigenvalue weighted by atomic mass is 10.1. The van der Waals surface area contributed by atoms with Crippen molar-refractivity contribution in [2.24, 2.45) is 0 Å². The number of likely N-dealkylation sites (tertiary alicyclic amines) is 1. The minimum Gasteiger partial charge on any atom is -0.392 e. The van der Waals surface area contributed by atoms with Crippen molar-refractivity contribution < 1.29 is 5.11 Å². The predicted octanol–water partition coefficient (Wildman–Crippen LogP) is 3.97. The molecule has 1 rings (SSSR count). The van der Waals surface area contributed by atoms with E-state index in [1.165, 1.54) is 77.3 Å². The molecule has 1 heterocycles. The van der Waals surface area contributed by atoms with Crippen LogP contribution in [0.4, 0.5) is 0 Å². The van der Waals surface area contributed by atoms with Crippen molar-refractivity contribution in [1.29, 1.82) is 0 Å². The molecule has 1 aliphatic heterocycles. The number of hydrogen-bond acceptors (Lipinski definition) is 2. The molecule has 1 N–H and O–H groups in total. The average Bonchev–Trinajstić information content (AvgIpc) is 2.37. The summed E-state index contributed by atoms with van der Waals surface area (Å²) in [5.74, 6) is 0. The molecule has 1 unspecified atom stereocenters. The van der Waals surface area contributed by atoms with E-state index in [9.17, 15) is 5.11 Å². The summed E-state index contributed by atoms with van der Waals surface area (Å²) in [5, 5.41) is 9.58. The van der Waals surface area contributed by atoms with E-state index in [0.29, 0.717) is 0 Å². The minimum atomic E-state index is -0.0580. The van der Waals surface area contributed by atoms with Gasteiger partial charge in [0.2, 0.25) is 0 Å². The molecular formula is C16H33NO. The number of β-amino-alcohol motifs (C(OH)–C–C–N with tert-alkyl or cyclic N) is 1. The van der Waals surface area contributed by atoms with Gasteiger partial charge in [0.05, 0.1) is 6.10 Å². The predicted molar refractivity (Wildman–Crippen MR) is 78.9 cm³/mol. The van der Waals surface area contributed by atoms with Gasteiger partial charge in [-0.15, -0.1) is 0 Å². The number of aliphatic hydroxyl groups excluding tert-OH is 1. The van der Waals surface area contributed by atoms with E-state index in [2.05, 4.69) is 11.8 Å². The van der Waals surface area contributed by atoms with Crippen LogP contribution in [0, 0.1) is 0 Å². The van der Waals surface area contributed by atoms with Gasteiger partial charge in [0.1, 0.15) is 0 Å². The third kappa shape index (κ3) is 8.10. The highest BCUT2D eigenvalue weighted by molar-refractivity contribution is 4.71. The summed E-state index contributed by atoms with van der Waals surface area (Å²) in [7, 11) is 0. The molecule has 0 aromatic carbocycles. The van der Waals surface area contributed by atoms with Crippen LogP contribution < -0.4 is 0 Å². The number of piperidine rings is 1. The molecule has 0 radical (unpaired) electrons. The molecule has 1 fully saturated rings. The maximum atomic E-state index is 9.58. The van der Waals surface area contributed by atoms with Crippen molar-refractivity contribution in [3.8, 4) is 0 Å². The maximum Gasteiger partial charge on any atom is 0.0667 e. The van der Waals surface area contributed by atoms with Crippen LogP contribution in [-0.2, 0) is 0 Å². The molecule has 1 aliphatic rings. The second-order valence-corrected chi connectivity index (χ2v) is 5.93. The molecule has 0 aromatic heterocycles. The Labute approximate surface area is 114 Å². The Hall–Kier alpha value is -0.0800. The van der Waals surface area contributed by atoms with Gasteiger partial charge in [-0.1, -0.05) is 58.3 Å². The van der Waals surface area contributed by atoms with Gasteiger partial charge in [0.15, 0.2) is 0 Å². The highest BCUT2D eigenvalue weighted by Gasteiger charge is 2.16. The van der Waals surface area contributed by atoms with Gasteiger partial charge in [-0.2, -0.15) is 0 Å². The summed E-state index contributed by atoms with van der Waals surface area (Å²) < 4.78 is 0. The fourth-order valence-corrected chi connectivity index (χ4v) is 2.88. The van der Waals surface area contributed by atoms with Gasteiger partial charge < -0.3 is 10.0 Å². The van der Waals surface area contributed by atoms with Crippen LogP contribution in [0.5, 0.6) is 0 Å². The highest BCUT2D eigenvalue weighted by Crippen LogP contribution is 2.13. The van der Waals surface area contributed by atoms with Crippen molar-refractivity contribution in [1.82, 2.24) is 4.90 Å². The monoisotopic (exact) mass is 255 g/mol. The Morgan fingerprint density at radius 2 is 1.56 bits per heavy atom. The van der Waals surface area contributed by atoms with Crippen molar-refractivity contribution in [2.45, 2.75) is 83.7 Å². The van der Waals surface area contributed by atoms with Crippen molar-refractivity contribution in [2.75, 3.05) is 19.6 Å². The first-order valence-electron chi connectivity index (χ1n) is 8.23. The third-order valence-electron chi connectivity index (χ3n) is 4.06. The summed E-state index contributed by atoms with van der Waals surface area (Å²) in [6.45, 7) is 5.59. The normalized spacial score (nSPS) is 21.3. The number of nitrogens with zero attached hydrogens (tertiary/aromatic N) is 1. The molecule has 0 saturated carbocycles. The Morgan fingerprint density at radius 3 is 2.17 bits per heavy atom. The largest absolute Gasteiger partial charge is 0.392 e. The van der Waals surface area contributed by atoms with Gasteiger partial charge in [0, 0.05) is 6.54 Å². The zero-order valence-electron chi connectivity index (χ0n) is 12.4. The van der Waals surface area contributed by atoms with Gasteiger partial charge >= 0.3 is 0 Å². The lowest BCUT2D eigenvalue weighted by molar-refractivity contribution is 0.0698. The summed E-state index contributed by atoms with van der Waals surface area (Å²) in [6.07, 6.45) is 14.7. The lowest BCUT2D eigenvalue weighted by Crippen LogP contribution is -2.38. The molecule has 0 aromatic rings. The second kappa shape index (κ2) is 10.8. The van der Waals surface area contributed by atoms with Gasteiger partial charge in [-0.25, -0.2) is 0 Å². The molecule has 1 saturated heterocycles. The summed E-state index contributed by atoms with van der Waals surface area (Å²) in [6, 6.07) is 0. The number of unbranched alkanes of at least 4 members (excludes halogenated alkanes) is 8. The Bertz CT molecular complexity index is 184. The standard InChI is InChI=1S/C16H33NO/c1-2-3-4-5-6-7-8-9-10-13-17-14-11-12-16(18)15-17/h16,18H,2-15H2,1H3. The van der Waals surface area contributed by atoms with Crippen LogP contribution in [-0.4, -0.2) is 35.7 Å². The SMILES string of the molecule is CCCCCCCCCCCN1CCCC(O)C1. The van der Waals surface area contributed by atoms with E-state index < -0.39 is 0 Å². The molecule has 18 heavy (non-hydrogen) atoms. The van der Waals surface area contributed by atoms with E-state index in [1.54, 1.807) is 0 Å². The summed E-state index contributed by atoms with van der Waals surface area (Å²) in [4.78, 5) is 2.44. The van der Waals surface area contributed by atoms with E-state index in [1.807, 2.05) is 0 Å². The van der Waals surface area contributed by atoms with Crippen LogP contribution in [0.1, 0.15) is 77.6 Å². The van der Waals surface area contributed by atoms with Crippen LogP contribution in [0.25, 0.3) is 0 Å². The average molecular weight is 255 g/mol. The Balaban J connectivity index is 1.80. The molecule has 1 atom stereocenters. The number of aliphatic hydroxyl groups is 1. The summed E-state index contributed by atoms with van der Waals surface area (Å²) in [5.41, 5.74) is 0. The third-order valence-corrected chi connectivity index (χ3v) is 4.06. The van der Waals surface area contributed by atoms with Crippen LogP contribution in [0.2, 0.25) is 0 Å². The zero-order chi connectivity index (χ0) is 13.1. The van der Waals surface area contributed by atoms with Crippen LogP contribution in [0.15, 0.2) is 0 Å². The van der Waals surface area contributed by atoms with E-state index >= 15 is 0 Å². The maximum absolute atomic E-state index is 9.58. The zero-order valence-corrected chi connectivity index (χ0v) is 12.4. The minimum absolute atomic E-state index is 0.0580. The molecular weight excluding hydrogens is 222 g/mol. The topological polar surface area (TPSA) is 23.5 Å². The van der Waals surface area contributed by atoms with E-state index in [0.717, 1.165) is 13.0 Å². The smallest absolute Gasteiger partial charge is 0.0667 e. The molecule has 0 bridgehead atoms. The van der Waals surface area contributed by atoms with Crippen LogP contribution >= 0.6 is 0 Å². The molecule has 0 amide bonds. The van der Waals surface area contributed by atoms with Gasteiger partial charge in [0.25, 0.3) is 0 Å². The first-order valence-corrected chi connectivity index (χ1v) is 8.23. The Morgan fingerprint density at radius 1 is 0.944 bits per heavy atom. The molecule has 2 nitrogen and oxygen atoms in total. The molecule has 0 spiro atoms. The van der Waals surface area contributed by atoms with E-state index in [-0.39, 0.29) is 6.10 Å². The van der Waals surface area contributed by atoms with Crippen molar-refractivity contribution in [3.05, 3.63) is 0 Å². The fourth-order valence-electron chi connectivity index (χ4n) is 2.88. The highest BCUT2D eigenvalue weighted by atomic mass is 16.3. The molecule has 2 heteroatoms. The first-order chi connectivity index (χ1) is 8.83. The van der Waals surface area contributed by atoms with Crippen molar-refractivity contribution >= 4 is 0 Å². The number of hydrogen-bond donors (Lipinski definition) is 1.